The van der Waals surface area contributed by atoms with Crippen molar-refractivity contribution in [2.75, 3.05) is 7.05 Å². The lowest BCUT2D eigenvalue weighted by Gasteiger charge is -2.17. The van der Waals surface area contributed by atoms with Gasteiger partial charge in [0.25, 0.3) is 0 Å². The van der Waals surface area contributed by atoms with Gasteiger partial charge in [-0.2, -0.15) is 0 Å². The summed E-state index contributed by atoms with van der Waals surface area (Å²) in [5.41, 5.74) is 7.69. The van der Waals surface area contributed by atoms with Gasteiger partial charge in [-0.05, 0) is 48.5 Å². The molecule has 5 heteroatoms. The SMILES string of the molecule is CN(Cc1cccc(Cl)c1)Cc1cc(F)cc(C(=N)N)c1. The second-order valence-electron chi connectivity index (χ2n) is 5.06. The van der Waals surface area contributed by atoms with Crippen LogP contribution in [0.3, 0.4) is 0 Å². The summed E-state index contributed by atoms with van der Waals surface area (Å²) in [6.45, 7) is 1.26. The monoisotopic (exact) mass is 305 g/mol. The van der Waals surface area contributed by atoms with E-state index in [-0.39, 0.29) is 11.7 Å². The van der Waals surface area contributed by atoms with Gasteiger partial charge in [-0.15, -0.1) is 0 Å². The lowest BCUT2D eigenvalue weighted by atomic mass is 10.1. The van der Waals surface area contributed by atoms with E-state index in [1.165, 1.54) is 12.1 Å². The van der Waals surface area contributed by atoms with Crippen LogP contribution in [-0.2, 0) is 13.1 Å². The molecule has 0 saturated heterocycles. The van der Waals surface area contributed by atoms with Crippen LogP contribution in [0.4, 0.5) is 4.39 Å². The van der Waals surface area contributed by atoms with Crippen molar-refractivity contribution in [3.05, 3.63) is 70.0 Å². The third-order valence-electron chi connectivity index (χ3n) is 3.06. The molecule has 2 aromatic rings. The zero-order valence-electron chi connectivity index (χ0n) is 11.7. The maximum absolute atomic E-state index is 13.5. The average Bonchev–Trinajstić information content (AvgIpc) is 2.37. The minimum atomic E-state index is -0.381. The number of nitrogens with one attached hydrogen (secondary N) is 1. The van der Waals surface area contributed by atoms with Crippen LogP contribution >= 0.6 is 11.6 Å². The minimum absolute atomic E-state index is 0.131. The molecule has 0 fully saturated rings. The second kappa shape index (κ2) is 6.70. The fourth-order valence-corrected chi connectivity index (χ4v) is 2.42. The smallest absolute Gasteiger partial charge is 0.124 e. The van der Waals surface area contributed by atoms with Gasteiger partial charge in [0.05, 0.1) is 0 Å². The first kappa shape index (κ1) is 15.5. The van der Waals surface area contributed by atoms with Crippen molar-refractivity contribution < 1.29 is 4.39 Å². The van der Waals surface area contributed by atoms with Crippen molar-refractivity contribution in [3.8, 4) is 0 Å². The summed E-state index contributed by atoms with van der Waals surface area (Å²) in [4.78, 5) is 2.05. The highest BCUT2D eigenvalue weighted by atomic mass is 35.5. The zero-order valence-corrected chi connectivity index (χ0v) is 12.5. The topological polar surface area (TPSA) is 53.1 Å². The number of benzene rings is 2. The van der Waals surface area contributed by atoms with Gasteiger partial charge in [-0.1, -0.05) is 23.7 Å². The van der Waals surface area contributed by atoms with Gasteiger partial charge in [0.1, 0.15) is 11.7 Å². The number of hydrogen-bond donors (Lipinski definition) is 2. The van der Waals surface area contributed by atoms with E-state index in [0.717, 1.165) is 11.1 Å². The maximum Gasteiger partial charge on any atom is 0.124 e. The molecule has 0 saturated carbocycles. The lowest BCUT2D eigenvalue weighted by molar-refractivity contribution is 0.318. The summed E-state index contributed by atoms with van der Waals surface area (Å²) in [5.74, 6) is -0.512. The van der Waals surface area contributed by atoms with Crippen molar-refractivity contribution in [1.82, 2.24) is 4.90 Å². The van der Waals surface area contributed by atoms with Crippen molar-refractivity contribution in [3.63, 3.8) is 0 Å². The largest absolute Gasteiger partial charge is 0.384 e. The van der Waals surface area contributed by atoms with Gasteiger partial charge < -0.3 is 5.73 Å². The molecule has 0 radical (unpaired) electrons. The Kier molecular flexibility index (Phi) is 4.94. The molecule has 0 aromatic heterocycles. The number of hydrogen-bond acceptors (Lipinski definition) is 2. The molecule has 2 rings (SSSR count). The van der Waals surface area contributed by atoms with Crippen LogP contribution in [0.15, 0.2) is 42.5 Å². The van der Waals surface area contributed by atoms with E-state index in [0.29, 0.717) is 23.7 Å². The number of nitrogen functional groups attached to an aromatic ring is 1. The molecule has 0 aliphatic heterocycles. The van der Waals surface area contributed by atoms with Crippen LogP contribution in [-0.4, -0.2) is 17.8 Å². The van der Waals surface area contributed by atoms with Gasteiger partial charge in [0.2, 0.25) is 0 Å². The summed E-state index contributed by atoms with van der Waals surface area (Å²) >= 11 is 5.96. The molecular formula is C16H17ClFN3. The molecule has 21 heavy (non-hydrogen) atoms. The summed E-state index contributed by atoms with van der Waals surface area (Å²) in [7, 11) is 1.94. The first-order valence-electron chi connectivity index (χ1n) is 6.51. The summed E-state index contributed by atoms with van der Waals surface area (Å²) in [5, 5.41) is 8.10. The Morgan fingerprint density at radius 2 is 1.90 bits per heavy atom. The molecule has 0 amide bonds. The Morgan fingerprint density at radius 1 is 1.19 bits per heavy atom. The summed E-state index contributed by atoms with van der Waals surface area (Å²) in [6, 6.07) is 12.1. The second-order valence-corrected chi connectivity index (χ2v) is 5.50. The van der Waals surface area contributed by atoms with Crippen LogP contribution in [0.25, 0.3) is 0 Å². The number of halogens is 2. The molecule has 110 valence electrons. The number of amidine groups is 1. The number of nitrogens with zero attached hydrogens (tertiary/aromatic N) is 1. The summed E-state index contributed by atoms with van der Waals surface area (Å²) < 4.78 is 13.5. The van der Waals surface area contributed by atoms with Crippen molar-refractivity contribution >= 4 is 17.4 Å². The third kappa shape index (κ3) is 4.55. The molecule has 0 bridgehead atoms. The molecule has 0 atom stereocenters. The molecule has 0 heterocycles. The zero-order chi connectivity index (χ0) is 15.4. The standard InChI is InChI=1S/C16H17ClFN3/c1-21(9-11-3-2-4-14(17)6-11)10-12-5-13(16(19)20)8-15(18)7-12/h2-8H,9-10H2,1H3,(H3,19,20). The van der Waals surface area contributed by atoms with Crippen LogP contribution in [0, 0.1) is 11.2 Å². The van der Waals surface area contributed by atoms with Gasteiger partial charge in [0.15, 0.2) is 0 Å². The lowest BCUT2D eigenvalue weighted by Crippen LogP contribution is -2.18. The van der Waals surface area contributed by atoms with Crippen molar-refractivity contribution in [2.24, 2.45) is 5.73 Å². The van der Waals surface area contributed by atoms with Crippen LogP contribution in [0.1, 0.15) is 16.7 Å². The third-order valence-corrected chi connectivity index (χ3v) is 3.30. The van der Waals surface area contributed by atoms with Crippen LogP contribution in [0.5, 0.6) is 0 Å². The Hall–Kier alpha value is -1.91. The highest BCUT2D eigenvalue weighted by Gasteiger charge is 2.07. The Bertz CT molecular complexity index is 658. The van der Waals surface area contributed by atoms with E-state index in [1.807, 2.05) is 36.2 Å². The average molecular weight is 306 g/mol. The number of nitrogens with two attached hydrogens (primary N) is 1. The van der Waals surface area contributed by atoms with Gasteiger partial charge in [0, 0.05) is 23.7 Å². The van der Waals surface area contributed by atoms with E-state index in [1.54, 1.807) is 6.07 Å². The highest BCUT2D eigenvalue weighted by Crippen LogP contribution is 2.15. The van der Waals surface area contributed by atoms with Crippen molar-refractivity contribution in [1.29, 1.82) is 5.41 Å². The predicted octanol–water partition coefficient (Wildman–Crippen LogP) is 3.40. The van der Waals surface area contributed by atoms with Crippen molar-refractivity contribution in [2.45, 2.75) is 13.1 Å². The van der Waals surface area contributed by atoms with Crippen LogP contribution in [0.2, 0.25) is 5.02 Å². The molecule has 0 aliphatic rings. The molecular weight excluding hydrogens is 289 g/mol. The van der Waals surface area contributed by atoms with Crippen LogP contribution < -0.4 is 5.73 Å². The van der Waals surface area contributed by atoms with E-state index in [9.17, 15) is 4.39 Å². The van der Waals surface area contributed by atoms with E-state index in [4.69, 9.17) is 22.7 Å². The number of rotatable bonds is 5. The van der Waals surface area contributed by atoms with Gasteiger partial charge >= 0.3 is 0 Å². The molecule has 0 spiro atoms. The normalized spacial score (nSPS) is 10.9. The maximum atomic E-state index is 13.5. The Labute approximate surface area is 128 Å². The quantitative estimate of drug-likeness (QED) is 0.657. The van der Waals surface area contributed by atoms with E-state index in [2.05, 4.69) is 0 Å². The Balaban J connectivity index is 2.09. The molecule has 3 N–H and O–H groups in total. The molecule has 3 nitrogen and oxygen atoms in total. The first-order valence-corrected chi connectivity index (χ1v) is 6.88. The van der Waals surface area contributed by atoms with Gasteiger partial charge in [-0.25, -0.2) is 4.39 Å². The predicted molar refractivity (Wildman–Crippen MR) is 84.0 cm³/mol. The Morgan fingerprint density at radius 3 is 2.57 bits per heavy atom. The fourth-order valence-electron chi connectivity index (χ4n) is 2.21. The highest BCUT2D eigenvalue weighted by molar-refractivity contribution is 6.30. The molecule has 0 unspecified atom stereocenters. The fraction of sp³-hybridized carbons (Fsp3) is 0.188. The molecule has 2 aromatic carbocycles. The minimum Gasteiger partial charge on any atom is -0.384 e. The summed E-state index contributed by atoms with van der Waals surface area (Å²) in [6.07, 6.45) is 0. The first-order chi connectivity index (χ1) is 9.94. The van der Waals surface area contributed by atoms with Gasteiger partial charge in [-0.3, -0.25) is 10.3 Å². The van der Waals surface area contributed by atoms with E-state index >= 15 is 0 Å². The van der Waals surface area contributed by atoms with E-state index < -0.39 is 0 Å². The molecule has 0 aliphatic carbocycles.